The summed E-state index contributed by atoms with van der Waals surface area (Å²) in [7, 11) is -3.54. The fourth-order valence-electron chi connectivity index (χ4n) is 2.75. The highest BCUT2D eigenvalue weighted by Crippen LogP contribution is 2.27. The summed E-state index contributed by atoms with van der Waals surface area (Å²) in [6.07, 6.45) is 0. The zero-order valence-electron chi connectivity index (χ0n) is 16.3. The van der Waals surface area contributed by atoms with Crippen molar-refractivity contribution in [3.8, 4) is 0 Å². The number of thiophene rings is 1. The van der Waals surface area contributed by atoms with Crippen LogP contribution in [0.1, 0.15) is 40.2 Å². The largest absolute Gasteiger partial charge is 0.310 e. The molecule has 1 atom stereocenters. The topological polar surface area (TPSA) is 49.4 Å². The van der Waals surface area contributed by atoms with E-state index in [1.165, 1.54) is 11.3 Å². The Morgan fingerprint density at radius 2 is 1.73 bits per heavy atom. The number of nitrogens with zero attached hydrogens (tertiary/aromatic N) is 1. The summed E-state index contributed by atoms with van der Waals surface area (Å²) in [5.74, 6) is 0. The Morgan fingerprint density at radius 3 is 2.23 bits per heavy atom. The van der Waals surface area contributed by atoms with E-state index < -0.39 is 10.0 Å². The van der Waals surface area contributed by atoms with E-state index in [0.717, 1.165) is 5.56 Å². The molecule has 1 aromatic carbocycles. The molecular weight excluding hydrogens is 364 g/mol. The van der Waals surface area contributed by atoms with E-state index in [1.54, 1.807) is 21.8 Å². The van der Waals surface area contributed by atoms with Crippen molar-refractivity contribution in [3.05, 3.63) is 53.4 Å². The first kappa shape index (κ1) is 21.1. The smallest absolute Gasteiger partial charge is 0.252 e. The average molecular weight is 395 g/mol. The molecule has 144 valence electrons. The van der Waals surface area contributed by atoms with Crippen molar-refractivity contribution >= 4 is 21.4 Å². The minimum absolute atomic E-state index is 0.0425. The minimum atomic E-state index is -3.54. The van der Waals surface area contributed by atoms with Gasteiger partial charge in [0.15, 0.2) is 0 Å². The number of hydrogen-bond donors (Lipinski definition) is 1. The Bertz CT molecular complexity index is 764. The molecule has 0 fully saturated rings. The summed E-state index contributed by atoms with van der Waals surface area (Å²) < 4.78 is 28.5. The van der Waals surface area contributed by atoms with E-state index in [2.05, 4.69) is 39.9 Å². The molecule has 0 aliphatic rings. The first-order valence-corrected chi connectivity index (χ1v) is 11.3. The molecule has 1 aromatic heterocycles. The molecule has 0 saturated carbocycles. The maximum Gasteiger partial charge on any atom is 0.252 e. The molecule has 1 N–H and O–H groups in total. The van der Waals surface area contributed by atoms with E-state index in [1.807, 2.05) is 30.3 Å². The van der Waals surface area contributed by atoms with Gasteiger partial charge in [0.25, 0.3) is 10.0 Å². The van der Waals surface area contributed by atoms with Crippen LogP contribution < -0.4 is 5.32 Å². The lowest BCUT2D eigenvalue weighted by atomic mass is 9.86. The molecular formula is C20H30N2O2S2. The molecule has 2 aromatic rings. The van der Waals surface area contributed by atoms with Gasteiger partial charge in [-0.25, -0.2) is 8.42 Å². The Hall–Kier alpha value is -1.21. The highest BCUT2D eigenvalue weighted by atomic mass is 32.2. The molecule has 0 spiro atoms. The van der Waals surface area contributed by atoms with Crippen LogP contribution in [0.25, 0.3) is 0 Å². The van der Waals surface area contributed by atoms with Crippen LogP contribution in [0.15, 0.2) is 52.1 Å². The molecule has 26 heavy (non-hydrogen) atoms. The fourth-order valence-corrected chi connectivity index (χ4v) is 5.34. The molecule has 0 aliphatic heterocycles. The van der Waals surface area contributed by atoms with Gasteiger partial charge < -0.3 is 5.32 Å². The third-order valence-electron chi connectivity index (χ3n) is 4.26. The SMILES string of the molecule is CC(C)N[C@H](CN(Cc1ccccc1)S(=O)(=O)c1cccs1)C(C)(C)C. The van der Waals surface area contributed by atoms with E-state index in [-0.39, 0.29) is 17.5 Å². The highest BCUT2D eigenvalue weighted by molar-refractivity contribution is 7.91. The predicted molar refractivity (Wildman–Crippen MR) is 110 cm³/mol. The Kier molecular flexibility index (Phi) is 7.02. The van der Waals surface area contributed by atoms with Crippen LogP contribution >= 0.6 is 11.3 Å². The zero-order valence-corrected chi connectivity index (χ0v) is 17.9. The van der Waals surface area contributed by atoms with Crippen LogP contribution in [-0.2, 0) is 16.6 Å². The van der Waals surface area contributed by atoms with Crippen LogP contribution in [-0.4, -0.2) is 31.4 Å². The summed E-state index contributed by atoms with van der Waals surface area (Å²) in [5.41, 5.74) is 0.925. The van der Waals surface area contributed by atoms with Crippen LogP contribution in [0.5, 0.6) is 0 Å². The van der Waals surface area contributed by atoms with Crippen molar-refractivity contribution in [2.45, 2.75) is 57.5 Å². The Labute approximate surface area is 162 Å². The normalized spacial score (nSPS) is 14.1. The van der Waals surface area contributed by atoms with Gasteiger partial charge in [0.1, 0.15) is 4.21 Å². The van der Waals surface area contributed by atoms with Gasteiger partial charge in [0.05, 0.1) is 0 Å². The van der Waals surface area contributed by atoms with Crippen molar-refractivity contribution in [1.82, 2.24) is 9.62 Å². The fraction of sp³-hybridized carbons (Fsp3) is 0.500. The lowest BCUT2D eigenvalue weighted by Gasteiger charge is -2.36. The second-order valence-corrected chi connectivity index (χ2v) is 11.1. The van der Waals surface area contributed by atoms with Gasteiger partial charge in [0.2, 0.25) is 0 Å². The average Bonchev–Trinajstić information content (AvgIpc) is 3.08. The highest BCUT2D eigenvalue weighted by Gasteiger charge is 2.33. The van der Waals surface area contributed by atoms with Gasteiger partial charge in [-0.15, -0.1) is 11.3 Å². The van der Waals surface area contributed by atoms with E-state index in [0.29, 0.717) is 17.3 Å². The maximum absolute atomic E-state index is 13.3. The van der Waals surface area contributed by atoms with Crippen LogP contribution in [0.3, 0.4) is 0 Å². The van der Waals surface area contributed by atoms with Gasteiger partial charge in [0, 0.05) is 25.2 Å². The van der Waals surface area contributed by atoms with Crippen LogP contribution in [0, 0.1) is 5.41 Å². The number of sulfonamides is 1. The number of benzene rings is 1. The number of rotatable bonds is 8. The summed E-state index contributed by atoms with van der Waals surface area (Å²) in [4.78, 5) is 0. The van der Waals surface area contributed by atoms with E-state index in [4.69, 9.17) is 0 Å². The second-order valence-electron chi connectivity index (χ2n) is 7.96. The van der Waals surface area contributed by atoms with Gasteiger partial charge in [-0.3, -0.25) is 0 Å². The molecule has 0 saturated heterocycles. The van der Waals surface area contributed by atoms with E-state index >= 15 is 0 Å². The second kappa shape index (κ2) is 8.65. The molecule has 0 unspecified atom stereocenters. The van der Waals surface area contributed by atoms with Crippen molar-refractivity contribution in [1.29, 1.82) is 0 Å². The van der Waals surface area contributed by atoms with E-state index in [9.17, 15) is 8.42 Å². The Balaban J connectivity index is 2.36. The lowest BCUT2D eigenvalue weighted by molar-refractivity contribution is 0.211. The summed E-state index contributed by atoms with van der Waals surface area (Å²) in [6.45, 7) is 11.4. The summed E-state index contributed by atoms with van der Waals surface area (Å²) in [6, 6.07) is 13.6. The molecule has 0 bridgehead atoms. The van der Waals surface area contributed by atoms with Gasteiger partial charge in [-0.1, -0.05) is 71.0 Å². The van der Waals surface area contributed by atoms with Crippen molar-refractivity contribution < 1.29 is 8.42 Å². The quantitative estimate of drug-likeness (QED) is 0.724. The first-order valence-electron chi connectivity index (χ1n) is 8.94. The van der Waals surface area contributed by atoms with Crippen molar-refractivity contribution in [3.63, 3.8) is 0 Å². The molecule has 0 amide bonds. The number of nitrogens with one attached hydrogen (secondary N) is 1. The Morgan fingerprint density at radius 1 is 1.08 bits per heavy atom. The monoisotopic (exact) mass is 394 g/mol. The molecule has 6 heteroatoms. The maximum atomic E-state index is 13.3. The first-order chi connectivity index (χ1) is 12.1. The summed E-state index contributed by atoms with van der Waals surface area (Å²) in [5, 5.41) is 5.36. The standard InChI is InChI=1S/C20H30N2O2S2/c1-16(2)21-18(20(3,4)5)15-22(14-17-10-7-6-8-11-17)26(23,24)19-12-9-13-25-19/h6-13,16,18,21H,14-15H2,1-5H3/t18-/m1/s1. The molecule has 1 heterocycles. The zero-order chi connectivity index (χ0) is 19.4. The minimum Gasteiger partial charge on any atom is -0.310 e. The van der Waals surface area contributed by atoms with Gasteiger partial charge in [-0.05, 0) is 22.4 Å². The third-order valence-corrected chi connectivity index (χ3v) is 7.44. The van der Waals surface area contributed by atoms with Crippen LogP contribution in [0.4, 0.5) is 0 Å². The van der Waals surface area contributed by atoms with Gasteiger partial charge >= 0.3 is 0 Å². The molecule has 2 rings (SSSR count). The summed E-state index contributed by atoms with van der Waals surface area (Å²) >= 11 is 1.27. The van der Waals surface area contributed by atoms with Gasteiger partial charge in [-0.2, -0.15) is 4.31 Å². The van der Waals surface area contributed by atoms with Crippen molar-refractivity contribution in [2.24, 2.45) is 5.41 Å². The molecule has 0 aliphatic carbocycles. The third kappa shape index (κ3) is 5.64. The number of hydrogen-bond acceptors (Lipinski definition) is 4. The molecule has 0 radical (unpaired) electrons. The predicted octanol–water partition coefficient (Wildman–Crippen LogP) is 4.35. The van der Waals surface area contributed by atoms with Crippen molar-refractivity contribution in [2.75, 3.05) is 6.54 Å². The van der Waals surface area contributed by atoms with Crippen LogP contribution in [0.2, 0.25) is 0 Å². The lowest BCUT2D eigenvalue weighted by Crippen LogP contribution is -2.51. The molecule has 4 nitrogen and oxygen atoms in total.